The number of hydrogen-bond acceptors (Lipinski definition) is 4. The van der Waals surface area contributed by atoms with Crippen molar-refractivity contribution in [3.8, 4) is 0 Å². The van der Waals surface area contributed by atoms with Crippen LogP contribution in [0.5, 0.6) is 0 Å². The summed E-state index contributed by atoms with van der Waals surface area (Å²) in [6.07, 6.45) is -0.250. The van der Waals surface area contributed by atoms with E-state index in [2.05, 4.69) is 12.6 Å². The lowest BCUT2D eigenvalue weighted by molar-refractivity contribution is -0.103. The Balaban J connectivity index is 2.12. The van der Waals surface area contributed by atoms with E-state index in [1.54, 1.807) is 0 Å². The summed E-state index contributed by atoms with van der Waals surface area (Å²) in [5, 5.41) is 0. The molecule has 1 fully saturated rings. The first-order chi connectivity index (χ1) is 7.16. The lowest BCUT2D eigenvalue weighted by Gasteiger charge is -2.25. The molecule has 1 aliphatic heterocycles. The normalized spacial score (nSPS) is 15.9. The minimum absolute atomic E-state index is 0.0885. The number of ether oxygens (including phenoxy) is 2. The molecule has 0 radical (unpaired) electrons. The van der Waals surface area contributed by atoms with Crippen molar-refractivity contribution in [2.75, 3.05) is 13.2 Å². The maximum atomic E-state index is 13.2. The van der Waals surface area contributed by atoms with Crippen LogP contribution >= 0.6 is 12.6 Å². The maximum absolute atomic E-state index is 13.2. The minimum Gasteiger partial charge on any atom is -0.454 e. The van der Waals surface area contributed by atoms with E-state index in [0.717, 1.165) is 0 Å². The molecule has 2 rings (SSSR count). The molecule has 0 unspecified atom stereocenters. The standard InChI is InChI=1S/C10H9FO3S/c11-9-2-1-7(15)3-8(9)10(12)14-6-4-13-5-6/h1-3,6,15H,4-5H2. The molecule has 0 N–H and O–H groups in total. The van der Waals surface area contributed by atoms with Gasteiger partial charge in [0.25, 0.3) is 0 Å². The van der Waals surface area contributed by atoms with Gasteiger partial charge in [0.05, 0.1) is 18.8 Å². The Kier molecular flexibility index (Phi) is 2.93. The Morgan fingerprint density at radius 1 is 1.53 bits per heavy atom. The molecule has 5 heteroatoms. The van der Waals surface area contributed by atoms with Crippen LogP contribution in [0.1, 0.15) is 10.4 Å². The number of benzene rings is 1. The second kappa shape index (κ2) is 4.20. The van der Waals surface area contributed by atoms with Crippen molar-refractivity contribution in [2.45, 2.75) is 11.0 Å². The molecule has 0 aliphatic carbocycles. The van der Waals surface area contributed by atoms with Crippen molar-refractivity contribution in [2.24, 2.45) is 0 Å². The number of carbonyl (C=O) groups is 1. The van der Waals surface area contributed by atoms with Gasteiger partial charge in [-0.1, -0.05) is 0 Å². The van der Waals surface area contributed by atoms with Crippen molar-refractivity contribution < 1.29 is 18.7 Å². The molecule has 1 aliphatic rings. The van der Waals surface area contributed by atoms with Gasteiger partial charge >= 0.3 is 5.97 Å². The molecule has 0 amide bonds. The van der Waals surface area contributed by atoms with Gasteiger partial charge in [0.2, 0.25) is 0 Å². The third kappa shape index (κ3) is 2.30. The Morgan fingerprint density at radius 3 is 2.87 bits per heavy atom. The van der Waals surface area contributed by atoms with Gasteiger partial charge in [-0.15, -0.1) is 12.6 Å². The molecule has 1 saturated heterocycles. The SMILES string of the molecule is O=C(OC1COC1)c1cc(S)ccc1F. The molecule has 0 bridgehead atoms. The summed E-state index contributed by atoms with van der Waals surface area (Å²) in [5.74, 6) is -1.27. The molecule has 0 saturated carbocycles. The zero-order chi connectivity index (χ0) is 10.8. The zero-order valence-corrected chi connectivity index (χ0v) is 8.67. The van der Waals surface area contributed by atoms with E-state index < -0.39 is 11.8 Å². The molecule has 1 aromatic rings. The van der Waals surface area contributed by atoms with Crippen LogP contribution in [0.15, 0.2) is 23.1 Å². The highest BCUT2D eigenvalue weighted by Gasteiger charge is 2.24. The summed E-state index contributed by atoms with van der Waals surface area (Å²) in [6.45, 7) is 0.766. The smallest absolute Gasteiger partial charge is 0.341 e. The second-order valence-electron chi connectivity index (χ2n) is 3.23. The first-order valence-electron chi connectivity index (χ1n) is 4.44. The fraction of sp³-hybridized carbons (Fsp3) is 0.300. The van der Waals surface area contributed by atoms with Crippen molar-refractivity contribution >= 4 is 18.6 Å². The fourth-order valence-electron chi connectivity index (χ4n) is 1.17. The first-order valence-corrected chi connectivity index (χ1v) is 4.89. The van der Waals surface area contributed by atoms with Gasteiger partial charge in [-0.25, -0.2) is 9.18 Å². The molecule has 1 heterocycles. The highest BCUT2D eigenvalue weighted by Crippen LogP contribution is 2.16. The van der Waals surface area contributed by atoms with Crippen LogP contribution in [0.3, 0.4) is 0 Å². The van der Waals surface area contributed by atoms with Gasteiger partial charge < -0.3 is 9.47 Å². The van der Waals surface area contributed by atoms with E-state index in [0.29, 0.717) is 18.1 Å². The van der Waals surface area contributed by atoms with Crippen LogP contribution in [0.25, 0.3) is 0 Å². The van der Waals surface area contributed by atoms with Gasteiger partial charge in [-0.05, 0) is 18.2 Å². The molecular weight excluding hydrogens is 219 g/mol. The molecule has 3 nitrogen and oxygen atoms in total. The van der Waals surface area contributed by atoms with E-state index in [1.807, 2.05) is 0 Å². The minimum atomic E-state index is -0.670. The number of halogens is 1. The van der Waals surface area contributed by atoms with E-state index in [1.165, 1.54) is 18.2 Å². The Labute approximate surface area is 91.6 Å². The fourth-order valence-corrected chi connectivity index (χ4v) is 1.37. The highest BCUT2D eigenvalue weighted by atomic mass is 32.1. The largest absolute Gasteiger partial charge is 0.454 e. The Hall–Kier alpha value is -1.07. The average Bonchev–Trinajstić information content (AvgIpc) is 2.15. The number of esters is 1. The van der Waals surface area contributed by atoms with E-state index in [9.17, 15) is 9.18 Å². The molecule has 1 aromatic carbocycles. The monoisotopic (exact) mass is 228 g/mol. The van der Waals surface area contributed by atoms with Gasteiger partial charge in [0.15, 0.2) is 0 Å². The highest BCUT2D eigenvalue weighted by molar-refractivity contribution is 7.80. The summed E-state index contributed by atoms with van der Waals surface area (Å²) in [7, 11) is 0. The van der Waals surface area contributed by atoms with Crippen LogP contribution in [-0.2, 0) is 9.47 Å². The molecule has 0 spiro atoms. The zero-order valence-electron chi connectivity index (χ0n) is 7.77. The van der Waals surface area contributed by atoms with E-state index in [-0.39, 0.29) is 11.7 Å². The van der Waals surface area contributed by atoms with Crippen molar-refractivity contribution in [1.82, 2.24) is 0 Å². The Morgan fingerprint density at radius 2 is 2.27 bits per heavy atom. The van der Waals surface area contributed by atoms with Gasteiger partial charge in [-0.2, -0.15) is 0 Å². The quantitative estimate of drug-likeness (QED) is 0.617. The lowest BCUT2D eigenvalue weighted by Crippen LogP contribution is -2.37. The molecule has 15 heavy (non-hydrogen) atoms. The van der Waals surface area contributed by atoms with Crippen LogP contribution in [0.2, 0.25) is 0 Å². The first kappa shape index (κ1) is 10.4. The Bertz CT molecular complexity index is 390. The molecular formula is C10H9FO3S. The summed E-state index contributed by atoms with van der Waals surface area (Å²) in [4.78, 5) is 12.0. The van der Waals surface area contributed by atoms with Crippen LogP contribution in [-0.4, -0.2) is 25.3 Å². The molecule has 0 atom stereocenters. The number of rotatable bonds is 2. The van der Waals surface area contributed by atoms with Crippen molar-refractivity contribution in [1.29, 1.82) is 0 Å². The second-order valence-corrected chi connectivity index (χ2v) is 3.75. The van der Waals surface area contributed by atoms with Crippen LogP contribution in [0.4, 0.5) is 4.39 Å². The summed E-state index contributed by atoms with van der Waals surface area (Å²) < 4.78 is 23.0. The van der Waals surface area contributed by atoms with Gasteiger partial charge in [0, 0.05) is 4.90 Å². The molecule has 80 valence electrons. The van der Waals surface area contributed by atoms with Crippen LogP contribution < -0.4 is 0 Å². The topological polar surface area (TPSA) is 35.5 Å². The summed E-state index contributed by atoms with van der Waals surface area (Å²) >= 11 is 4.02. The van der Waals surface area contributed by atoms with Crippen molar-refractivity contribution in [3.63, 3.8) is 0 Å². The van der Waals surface area contributed by atoms with Crippen molar-refractivity contribution in [3.05, 3.63) is 29.6 Å². The van der Waals surface area contributed by atoms with Gasteiger partial charge in [-0.3, -0.25) is 0 Å². The summed E-state index contributed by atoms with van der Waals surface area (Å²) in [5.41, 5.74) is -0.0885. The predicted octanol–water partition coefficient (Wildman–Crippen LogP) is 1.67. The predicted molar refractivity (Wildman–Crippen MR) is 53.7 cm³/mol. The average molecular weight is 228 g/mol. The third-order valence-electron chi connectivity index (χ3n) is 2.05. The van der Waals surface area contributed by atoms with E-state index >= 15 is 0 Å². The molecule has 0 aromatic heterocycles. The lowest BCUT2D eigenvalue weighted by atomic mass is 10.2. The van der Waals surface area contributed by atoms with Crippen LogP contribution in [0, 0.1) is 5.82 Å². The van der Waals surface area contributed by atoms with E-state index in [4.69, 9.17) is 9.47 Å². The number of hydrogen-bond donors (Lipinski definition) is 1. The van der Waals surface area contributed by atoms with Gasteiger partial charge in [0.1, 0.15) is 11.9 Å². The number of thiol groups is 1. The maximum Gasteiger partial charge on any atom is 0.341 e. The summed E-state index contributed by atoms with van der Waals surface area (Å²) in [6, 6.07) is 4.01. The third-order valence-corrected chi connectivity index (χ3v) is 2.33. The number of carbonyl (C=O) groups excluding carboxylic acids is 1.